The number of nitrogens with zero attached hydrogens (tertiary/aromatic N) is 1. The summed E-state index contributed by atoms with van der Waals surface area (Å²) < 4.78 is 30.5. The highest BCUT2D eigenvalue weighted by Gasteiger charge is 2.36. The maximum Gasteiger partial charge on any atom is 0.216 e. The van der Waals surface area contributed by atoms with E-state index >= 15 is 0 Å². The van der Waals surface area contributed by atoms with E-state index in [-0.39, 0.29) is 37.7 Å². The molecule has 0 spiro atoms. The molecular weight excluding hydrogens is 230 g/mol. The predicted octanol–water partition coefficient (Wildman–Crippen LogP) is 0.198. The van der Waals surface area contributed by atoms with Crippen LogP contribution in [0.25, 0.3) is 0 Å². The Labute approximate surface area is 97.4 Å². The fraction of sp³-hybridized carbons (Fsp3) is 1.00. The number of ether oxygens (including phenoxy) is 1. The lowest BCUT2D eigenvalue weighted by molar-refractivity contribution is 0.0905. The first-order chi connectivity index (χ1) is 7.47. The lowest BCUT2D eigenvalue weighted by atomic mass is 10.5. The van der Waals surface area contributed by atoms with E-state index in [9.17, 15) is 8.42 Å². The van der Waals surface area contributed by atoms with Crippen LogP contribution >= 0.6 is 0 Å². The van der Waals surface area contributed by atoms with Crippen LogP contribution in [-0.4, -0.2) is 55.5 Å². The molecule has 96 valence electrons. The SMILES string of the molecule is CC(C)OCCS(=O)(=O)N(CCO)C1CC1. The van der Waals surface area contributed by atoms with Crippen LogP contribution in [0, 0.1) is 0 Å². The zero-order valence-electron chi connectivity index (χ0n) is 9.92. The van der Waals surface area contributed by atoms with Crippen molar-refractivity contribution in [2.45, 2.75) is 38.8 Å². The van der Waals surface area contributed by atoms with Crippen LogP contribution in [0.3, 0.4) is 0 Å². The van der Waals surface area contributed by atoms with Crippen molar-refractivity contribution in [1.29, 1.82) is 0 Å². The largest absolute Gasteiger partial charge is 0.395 e. The number of hydrogen-bond donors (Lipinski definition) is 1. The second kappa shape index (κ2) is 5.95. The molecule has 5 nitrogen and oxygen atoms in total. The molecule has 1 N–H and O–H groups in total. The molecule has 16 heavy (non-hydrogen) atoms. The van der Waals surface area contributed by atoms with Gasteiger partial charge in [-0.3, -0.25) is 0 Å². The second-order valence-corrected chi connectivity index (χ2v) is 6.34. The minimum Gasteiger partial charge on any atom is -0.395 e. The summed E-state index contributed by atoms with van der Waals surface area (Å²) in [6.45, 7) is 4.04. The van der Waals surface area contributed by atoms with Gasteiger partial charge in [0.2, 0.25) is 10.0 Å². The van der Waals surface area contributed by atoms with Gasteiger partial charge in [0.05, 0.1) is 25.1 Å². The van der Waals surface area contributed by atoms with Gasteiger partial charge < -0.3 is 9.84 Å². The second-order valence-electron chi connectivity index (χ2n) is 4.30. The highest BCUT2D eigenvalue weighted by Crippen LogP contribution is 2.29. The molecule has 0 amide bonds. The predicted molar refractivity (Wildman–Crippen MR) is 61.7 cm³/mol. The van der Waals surface area contributed by atoms with Gasteiger partial charge in [-0.15, -0.1) is 0 Å². The Balaban J connectivity index is 2.46. The molecule has 0 heterocycles. The highest BCUT2D eigenvalue weighted by atomic mass is 32.2. The average molecular weight is 251 g/mol. The summed E-state index contributed by atoms with van der Waals surface area (Å²) >= 11 is 0. The fourth-order valence-corrected chi connectivity index (χ4v) is 3.08. The summed E-state index contributed by atoms with van der Waals surface area (Å²) in [6.07, 6.45) is 1.86. The molecule has 0 aromatic heterocycles. The standard InChI is InChI=1S/C10H21NO4S/c1-9(2)15-7-8-16(13,14)11(5-6-12)10-3-4-10/h9-10,12H,3-8H2,1-2H3. The van der Waals surface area contributed by atoms with Crippen LogP contribution in [0.1, 0.15) is 26.7 Å². The van der Waals surface area contributed by atoms with Crippen LogP contribution in [0.2, 0.25) is 0 Å². The maximum absolute atomic E-state index is 11.9. The van der Waals surface area contributed by atoms with Crippen molar-refractivity contribution in [3.05, 3.63) is 0 Å². The van der Waals surface area contributed by atoms with Crippen LogP contribution in [0.5, 0.6) is 0 Å². The molecule has 0 atom stereocenters. The molecule has 0 aromatic carbocycles. The Kier molecular flexibility index (Phi) is 5.17. The average Bonchev–Trinajstić information content (AvgIpc) is 2.96. The smallest absolute Gasteiger partial charge is 0.216 e. The third-order valence-corrected chi connectivity index (χ3v) is 4.30. The molecule has 1 rings (SSSR count). The summed E-state index contributed by atoms with van der Waals surface area (Å²) in [5.74, 6) is 0.00167. The molecule has 1 aliphatic rings. The van der Waals surface area contributed by atoms with Crippen molar-refractivity contribution in [2.24, 2.45) is 0 Å². The van der Waals surface area contributed by atoms with Crippen molar-refractivity contribution in [2.75, 3.05) is 25.5 Å². The molecule has 0 saturated heterocycles. The number of rotatable bonds is 8. The normalized spacial score (nSPS) is 17.3. The van der Waals surface area contributed by atoms with E-state index in [2.05, 4.69) is 0 Å². The number of aliphatic hydroxyl groups excluding tert-OH is 1. The third kappa shape index (κ3) is 4.37. The van der Waals surface area contributed by atoms with E-state index in [1.54, 1.807) is 0 Å². The summed E-state index contributed by atoms with van der Waals surface area (Å²) in [7, 11) is -3.27. The van der Waals surface area contributed by atoms with Gasteiger partial charge in [-0.25, -0.2) is 8.42 Å². The Hall–Kier alpha value is -0.170. The van der Waals surface area contributed by atoms with E-state index < -0.39 is 10.0 Å². The summed E-state index contributed by atoms with van der Waals surface area (Å²) in [5, 5.41) is 8.85. The highest BCUT2D eigenvalue weighted by molar-refractivity contribution is 7.89. The molecule has 0 unspecified atom stereocenters. The van der Waals surface area contributed by atoms with Gasteiger partial charge in [0.15, 0.2) is 0 Å². The van der Waals surface area contributed by atoms with Crippen molar-refractivity contribution in [3.63, 3.8) is 0 Å². The van der Waals surface area contributed by atoms with Crippen molar-refractivity contribution in [3.8, 4) is 0 Å². The Morgan fingerprint density at radius 1 is 1.44 bits per heavy atom. The van der Waals surface area contributed by atoms with Crippen molar-refractivity contribution >= 4 is 10.0 Å². The Morgan fingerprint density at radius 2 is 2.06 bits per heavy atom. The molecule has 1 aliphatic carbocycles. The summed E-state index contributed by atoms with van der Waals surface area (Å²) in [5.41, 5.74) is 0. The van der Waals surface area contributed by atoms with E-state index in [0.717, 1.165) is 12.8 Å². The van der Waals surface area contributed by atoms with Crippen molar-refractivity contribution in [1.82, 2.24) is 4.31 Å². The first kappa shape index (κ1) is 13.9. The van der Waals surface area contributed by atoms with Crippen LogP contribution < -0.4 is 0 Å². The van der Waals surface area contributed by atoms with Gasteiger partial charge in [0.1, 0.15) is 0 Å². The molecule has 0 bridgehead atoms. The molecule has 6 heteroatoms. The first-order valence-electron chi connectivity index (χ1n) is 5.69. The molecular formula is C10H21NO4S. The topological polar surface area (TPSA) is 66.8 Å². The van der Waals surface area contributed by atoms with E-state index in [4.69, 9.17) is 9.84 Å². The zero-order valence-corrected chi connectivity index (χ0v) is 10.7. The minimum atomic E-state index is -3.27. The van der Waals surface area contributed by atoms with Crippen molar-refractivity contribution < 1.29 is 18.3 Å². The molecule has 0 radical (unpaired) electrons. The third-order valence-electron chi connectivity index (χ3n) is 2.42. The molecule has 1 fully saturated rings. The van der Waals surface area contributed by atoms with Gasteiger partial charge in [-0.2, -0.15) is 4.31 Å². The van der Waals surface area contributed by atoms with Gasteiger partial charge in [-0.1, -0.05) is 0 Å². The molecule has 0 aliphatic heterocycles. The van der Waals surface area contributed by atoms with Crippen LogP contribution in [0.4, 0.5) is 0 Å². The van der Waals surface area contributed by atoms with Gasteiger partial charge in [-0.05, 0) is 26.7 Å². The summed E-state index contributed by atoms with van der Waals surface area (Å²) in [4.78, 5) is 0. The fourth-order valence-electron chi connectivity index (χ4n) is 1.52. The number of hydrogen-bond acceptors (Lipinski definition) is 4. The van der Waals surface area contributed by atoms with E-state index in [0.29, 0.717) is 0 Å². The maximum atomic E-state index is 11.9. The van der Waals surface area contributed by atoms with E-state index in [1.165, 1.54) is 4.31 Å². The van der Waals surface area contributed by atoms with Crippen LogP contribution in [-0.2, 0) is 14.8 Å². The lowest BCUT2D eigenvalue weighted by Gasteiger charge is -2.21. The van der Waals surface area contributed by atoms with Gasteiger partial charge in [0, 0.05) is 12.6 Å². The monoisotopic (exact) mass is 251 g/mol. The first-order valence-corrected chi connectivity index (χ1v) is 7.30. The van der Waals surface area contributed by atoms with Gasteiger partial charge >= 0.3 is 0 Å². The summed E-state index contributed by atoms with van der Waals surface area (Å²) in [6, 6.07) is 0.108. The minimum absolute atomic E-state index is 0.00167. The quantitative estimate of drug-likeness (QED) is 0.669. The van der Waals surface area contributed by atoms with Gasteiger partial charge in [0.25, 0.3) is 0 Å². The molecule has 0 aromatic rings. The van der Waals surface area contributed by atoms with E-state index in [1.807, 2.05) is 13.8 Å². The zero-order chi connectivity index (χ0) is 12.2. The van der Waals surface area contributed by atoms with Crippen LogP contribution in [0.15, 0.2) is 0 Å². The number of sulfonamides is 1. The molecule has 1 saturated carbocycles. The Morgan fingerprint density at radius 3 is 2.50 bits per heavy atom. The number of aliphatic hydroxyl groups is 1. The lowest BCUT2D eigenvalue weighted by Crippen LogP contribution is -2.38. The Bertz CT molecular complexity index is 298.